The molecule has 0 fully saturated rings. The predicted molar refractivity (Wildman–Crippen MR) is 54.8 cm³/mol. The topological polar surface area (TPSA) is 29.0 Å². The van der Waals surface area contributed by atoms with Crippen LogP contribution in [0.2, 0.25) is 0 Å². The van der Waals surface area contributed by atoms with Crippen molar-refractivity contribution >= 4 is 5.71 Å². The summed E-state index contributed by atoms with van der Waals surface area (Å²) >= 11 is 0. The molecule has 0 aromatic carbocycles. The highest BCUT2D eigenvalue weighted by atomic mass is 15.0. The van der Waals surface area contributed by atoms with Crippen LogP contribution in [0, 0.1) is 5.92 Å². The van der Waals surface area contributed by atoms with Crippen LogP contribution >= 0.6 is 0 Å². The Balaban J connectivity index is 3.85. The molecule has 0 aromatic heterocycles. The van der Waals surface area contributed by atoms with E-state index in [0.717, 1.165) is 13.0 Å². The monoisotopic (exact) mass is 171 g/mol. The first-order valence-electron chi connectivity index (χ1n) is 4.70. The number of rotatable bonds is 4. The molecule has 0 saturated carbocycles. The van der Waals surface area contributed by atoms with Crippen LogP contribution in [0.5, 0.6) is 0 Å². The molecule has 2 unspecified atom stereocenters. The van der Waals surface area contributed by atoms with Gasteiger partial charge < -0.3 is 5.73 Å². The highest BCUT2D eigenvalue weighted by Crippen LogP contribution is 2.03. The normalized spacial score (nSPS) is 15.5. The summed E-state index contributed by atoms with van der Waals surface area (Å²) in [6.45, 7) is 9.71. The Labute approximate surface area is 76.5 Å². The quantitative estimate of drug-likeness (QED) is 0.504. The van der Waals surface area contributed by atoms with Gasteiger partial charge in [-0.2, -0.15) is 0 Å². The van der Waals surface area contributed by atoms with Gasteiger partial charge in [0.05, 0.1) is 0 Å². The molecule has 2 heteroatoms. The van der Waals surface area contributed by atoms with E-state index in [1.807, 2.05) is 0 Å². The average Bonchev–Trinajstić information content (AvgIpc) is 1.84. The second-order valence-electron chi connectivity index (χ2n) is 4.15. The van der Waals surface area contributed by atoms with Crippen molar-refractivity contribution in [3.8, 4) is 0 Å². The fourth-order valence-electron chi connectivity index (χ4n) is 1.36. The predicted octanol–water partition coefficient (Wildman–Crippen LogP) is 1.48. The SMILES string of the molecule is CC(C)=[N+](C)CC(C)CC(C)N. The summed E-state index contributed by atoms with van der Waals surface area (Å²) in [5, 5.41) is 0. The Hall–Kier alpha value is -0.370. The van der Waals surface area contributed by atoms with Crippen molar-refractivity contribution in [2.75, 3.05) is 13.6 Å². The third-order valence-electron chi connectivity index (χ3n) is 2.12. The molecule has 0 radical (unpaired) electrons. The van der Waals surface area contributed by atoms with E-state index in [9.17, 15) is 0 Å². The van der Waals surface area contributed by atoms with E-state index in [2.05, 4.69) is 39.3 Å². The van der Waals surface area contributed by atoms with E-state index in [-0.39, 0.29) is 0 Å². The molecule has 0 amide bonds. The van der Waals surface area contributed by atoms with Crippen LogP contribution in [0.1, 0.15) is 34.1 Å². The van der Waals surface area contributed by atoms with Gasteiger partial charge in [-0.3, -0.25) is 0 Å². The van der Waals surface area contributed by atoms with E-state index in [1.54, 1.807) is 0 Å². The summed E-state index contributed by atoms with van der Waals surface area (Å²) in [5.74, 6) is 0.685. The number of hydrogen-bond acceptors (Lipinski definition) is 1. The van der Waals surface area contributed by atoms with Gasteiger partial charge in [-0.05, 0) is 13.3 Å². The molecule has 0 aliphatic rings. The molecule has 0 saturated heterocycles. The van der Waals surface area contributed by atoms with Crippen LogP contribution in [0.3, 0.4) is 0 Å². The number of hydrogen-bond donors (Lipinski definition) is 1. The van der Waals surface area contributed by atoms with Gasteiger partial charge in [0.1, 0.15) is 19.3 Å². The smallest absolute Gasteiger partial charge is 0.145 e. The molecular weight excluding hydrogens is 148 g/mol. The largest absolute Gasteiger partial charge is 0.328 e. The van der Waals surface area contributed by atoms with Gasteiger partial charge in [0.25, 0.3) is 0 Å². The van der Waals surface area contributed by atoms with Crippen LogP contribution in [0.15, 0.2) is 0 Å². The molecule has 0 spiro atoms. The summed E-state index contributed by atoms with van der Waals surface area (Å²) in [5.41, 5.74) is 7.09. The van der Waals surface area contributed by atoms with Crippen molar-refractivity contribution < 1.29 is 4.58 Å². The summed E-state index contributed by atoms with van der Waals surface area (Å²) in [4.78, 5) is 0. The summed E-state index contributed by atoms with van der Waals surface area (Å²) < 4.78 is 2.28. The Morgan fingerprint density at radius 1 is 1.33 bits per heavy atom. The van der Waals surface area contributed by atoms with Gasteiger partial charge in [-0.25, -0.2) is 4.58 Å². The van der Waals surface area contributed by atoms with Crippen molar-refractivity contribution in [3.05, 3.63) is 0 Å². The first-order chi connectivity index (χ1) is 5.43. The van der Waals surface area contributed by atoms with Gasteiger partial charge >= 0.3 is 0 Å². The Bertz CT molecular complexity index is 155. The second-order valence-corrected chi connectivity index (χ2v) is 4.15. The van der Waals surface area contributed by atoms with E-state index >= 15 is 0 Å². The summed E-state index contributed by atoms with van der Waals surface area (Å²) in [6, 6.07) is 0.325. The minimum Gasteiger partial charge on any atom is -0.328 e. The number of nitrogens with two attached hydrogens (primary N) is 1. The van der Waals surface area contributed by atoms with Crippen LogP contribution in [0.4, 0.5) is 0 Å². The maximum atomic E-state index is 5.72. The minimum absolute atomic E-state index is 0.325. The molecule has 2 atom stereocenters. The number of nitrogens with zero attached hydrogens (tertiary/aromatic N) is 1. The van der Waals surface area contributed by atoms with Crippen molar-refractivity contribution in [2.24, 2.45) is 11.7 Å². The highest BCUT2D eigenvalue weighted by molar-refractivity contribution is 5.73. The zero-order valence-corrected chi connectivity index (χ0v) is 9.09. The summed E-state index contributed by atoms with van der Waals surface area (Å²) in [7, 11) is 2.13. The lowest BCUT2D eigenvalue weighted by molar-refractivity contribution is -0.505. The Morgan fingerprint density at radius 2 is 1.83 bits per heavy atom. The van der Waals surface area contributed by atoms with Crippen LogP contribution in [-0.2, 0) is 0 Å². The fourth-order valence-corrected chi connectivity index (χ4v) is 1.36. The molecule has 0 heterocycles. The molecule has 2 nitrogen and oxygen atoms in total. The third kappa shape index (κ3) is 5.30. The zero-order valence-electron chi connectivity index (χ0n) is 9.09. The Morgan fingerprint density at radius 3 is 2.17 bits per heavy atom. The first kappa shape index (κ1) is 11.6. The van der Waals surface area contributed by atoms with Crippen molar-refractivity contribution in [2.45, 2.75) is 40.2 Å². The maximum absolute atomic E-state index is 5.72. The Kier molecular flexibility index (Phi) is 5.14. The third-order valence-corrected chi connectivity index (χ3v) is 2.12. The summed E-state index contributed by atoms with van der Waals surface area (Å²) in [6.07, 6.45) is 1.11. The maximum Gasteiger partial charge on any atom is 0.145 e. The average molecular weight is 171 g/mol. The van der Waals surface area contributed by atoms with E-state index in [1.165, 1.54) is 5.71 Å². The molecule has 0 bridgehead atoms. The van der Waals surface area contributed by atoms with Crippen LogP contribution in [-0.4, -0.2) is 29.9 Å². The van der Waals surface area contributed by atoms with Crippen LogP contribution in [0.25, 0.3) is 0 Å². The van der Waals surface area contributed by atoms with Gasteiger partial charge in [0.2, 0.25) is 0 Å². The molecule has 0 aliphatic carbocycles. The highest BCUT2D eigenvalue weighted by Gasteiger charge is 2.10. The molecule has 0 aromatic rings. The van der Waals surface area contributed by atoms with Gasteiger partial charge in [-0.15, -0.1) is 0 Å². The van der Waals surface area contributed by atoms with E-state index in [4.69, 9.17) is 5.73 Å². The zero-order chi connectivity index (χ0) is 9.72. The van der Waals surface area contributed by atoms with E-state index < -0.39 is 0 Å². The van der Waals surface area contributed by atoms with Crippen molar-refractivity contribution in [3.63, 3.8) is 0 Å². The van der Waals surface area contributed by atoms with Crippen molar-refractivity contribution in [1.29, 1.82) is 0 Å². The van der Waals surface area contributed by atoms with Crippen molar-refractivity contribution in [1.82, 2.24) is 0 Å². The van der Waals surface area contributed by atoms with Gasteiger partial charge in [-0.1, -0.05) is 6.92 Å². The molecule has 12 heavy (non-hydrogen) atoms. The van der Waals surface area contributed by atoms with E-state index in [0.29, 0.717) is 12.0 Å². The van der Waals surface area contributed by atoms with Crippen LogP contribution < -0.4 is 5.73 Å². The molecular formula is C10H23N2+. The standard InChI is InChI=1S/C10H23N2/c1-8(2)12(5)7-9(3)6-10(4)11/h9-10H,6-7,11H2,1-5H3/q+1. The van der Waals surface area contributed by atoms with Gasteiger partial charge in [0.15, 0.2) is 0 Å². The minimum atomic E-state index is 0.325. The fraction of sp³-hybridized carbons (Fsp3) is 0.900. The molecule has 0 aliphatic heterocycles. The van der Waals surface area contributed by atoms with Gasteiger partial charge in [0, 0.05) is 25.8 Å². The second kappa shape index (κ2) is 5.31. The molecule has 72 valence electrons. The lowest BCUT2D eigenvalue weighted by Gasteiger charge is -2.11. The molecule has 0 rings (SSSR count). The lowest BCUT2D eigenvalue weighted by Crippen LogP contribution is -2.25. The lowest BCUT2D eigenvalue weighted by atomic mass is 10.0. The molecule has 2 N–H and O–H groups in total. The first-order valence-corrected chi connectivity index (χ1v) is 4.70.